The average molecular weight is 354 g/mol. The van der Waals surface area contributed by atoms with Crippen LogP contribution in [0.15, 0.2) is 54.7 Å². The molecule has 0 aliphatic rings. The molecule has 0 aliphatic heterocycles. The van der Waals surface area contributed by atoms with Crippen LogP contribution in [0.2, 0.25) is 0 Å². The minimum atomic E-state index is -0.405. The molecule has 134 valence electrons. The molecule has 0 fully saturated rings. The average Bonchev–Trinajstić information content (AvgIpc) is 2.70. The molecule has 3 rings (SSSR count). The summed E-state index contributed by atoms with van der Waals surface area (Å²) >= 11 is 0. The molecule has 0 unspecified atom stereocenters. The van der Waals surface area contributed by atoms with Crippen molar-refractivity contribution in [2.45, 2.75) is 6.29 Å². The van der Waals surface area contributed by atoms with Gasteiger partial charge in [-0.15, -0.1) is 0 Å². The Hall–Kier alpha value is -2.90. The number of nitrogens with zero attached hydrogens (tertiary/aromatic N) is 3. The summed E-state index contributed by atoms with van der Waals surface area (Å²) < 4.78 is 23.6. The molecule has 0 aliphatic carbocycles. The molecule has 0 radical (unpaired) electrons. The Morgan fingerprint density at radius 3 is 2.42 bits per heavy atom. The smallest absolute Gasteiger partial charge is 0.180 e. The molecule has 1 N–H and O–H groups in total. The first-order chi connectivity index (χ1) is 12.7. The normalized spacial score (nSPS) is 10.9. The lowest BCUT2D eigenvalue weighted by molar-refractivity contribution is -0.0914. The maximum atomic E-state index is 13.2. The van der Waals surface area contributed by atoms with Crippen molar-refractivity contribution in [1.82, 2.24) is 15.0 Å². The summed E-state index contributed by atoms with van der Waals surface area (Å²) in [6, 6.07) is 13.5. The third-order valence-electron chi connectivity index (χ3n) is 3.74. The summed E-state index contributed by atoms with van der Waals surface area (Å²) in [6.45, 7) is 0.411. The SMILES string of the molecule is COC(CNc1cc(-c2ccc(F)cc2)nc(-c2ccccn2)n1)OC. The quantitative estimate of drug-likeness (QED) is 0.656. The molecule has 0 atom stereocenters. The fraction of sp³-hybridized carbons (Fsp3) is 0.211. The lowest BCUT2D eigenvalue weighted by Crippen LogP contribution is -2.24. The van der Waals surface area contributed by atoms with E-state index < -0.39 is 6.29 Å². The zero-order valence-corrected chi connectivity index (χ0v) is 14.5. The van der Waals surface area contributed by atoms with Gasteiger partial charge in [-0.25, -0.2) is 14.4 Å². The van der Waals surface area contributed by atoms with Gasteiger partial charge in [-0.3, -0.25) is 4.98 Å². The van der Waals surface area contributed by atoms with Crippen molar-refractivity contribution >= 4 is 5.82 Å². The summed E-state index contributed by atoms with van der Waals surface area (Å²) in [5, 5.41) is 3.18. The number of methoxy groups -OCH3 is 2. The molecule has 0 bridgehead atoms. The van der Waals surface area contributed by atoms with Gasteiger partial charge in [0.2, 0.25) is 0 Å². The highest BCUT2D eigenvalue weighted by atomic mass is 19.1. The predicted octanol–water partition coefficient (Wildman–Crippen LogP) is 3.38. The van der Waals surface area contributed by atoms with E-state index in [1.807, 2.05) is 18.2 Å². The number of hydrogen-bond donors (Lipinski definition) is 1. The van der Waals surface area contributed by atoms with Gasteiger partial charge in [-0.1, -0.05) is 6.07 Å². The fourth-order valence-corrected chi connectivity index (χ4v) is 2.37. The first-order valence-electron chi connectivity index (χ1n) is 8.05. The van der Waals surface area contributed by atoms with E-state index in [1.165, 1.54) is 12.1 Å². The molecule has 7 heteroatoms. The molecule has 3 aromatic rings. The zero-order chi connectivity index (χ0) is 18.4. The van der Waals surface area contributed by atoms with Crippen molar-refractivity contribution in [2.75, 3.05) is 26.1 Å². The van der Waals surface area contributed by atoms with Gasteiger partial charge in [0.05, 0.1) is 12.2 Å². The molecule has 1 aromatic carbocycles. The van der Waals surface area contributed by atoms with Gasteiger partial charge in [0.15, 0.2) is 12.1 Å². The van der Waals surface area contributed by atoms with E-state index in [1.54, 1.807) is 38.6 Å². The largest absolute Gasteiger partial charge is 0.365 e. The van der Waals surface area contributed by atoms with Crippen LogP contribution in [0.25, 0.3) is 22.8 Å². The Labute approximate surface area is 151 Å². The number of pyridine rings is 1. The molecule has 0 amide bonds. The molecule has 6 nitrogen and oxygen atoms in total. The Morgan fingerprint density at radius 1 is 1.00 bits per heavy atom. The number of ether oxygens (including phenoxy) is 2. The van der Waals surface area contributed by atoms with E-state index in [2.05, 4.69) is 20.3 Å². The minimum absolute atomic E-state index is 0.297. The maximum Gasteiger partial charge on any atom is 0.180 e. The Kier molecular flexibility index (Phi) is 5.83. The summed E-state index contributed by atoms with van der Waals surface area (Å²) in [6.07, 6.45) is 1.28. The molecule has 2 aromatic heterocycles. The predicted molar refractivity (Wildman–Crippen MR) is 97.0 cm³/mol. The minimum Gasteiger partial charge on any atom is -0.365 e. The highest BCUT2D eigenvalue weighted by molar-refractivity contribution is 5.66. The van der Waals surface area contributed by atoms with Gasteiger partial charge >= 0.3 is 0 Å². The van der Waals surface area contributed by atoms with Crippen LogP contribution in [-0.4, -0.2) is 42.0 Å². The third-order valence-corrected chi connectivity index (χ3v) is 3.74. The van der Waals surface area contributed by atoms with E-state index in [-0.39, 0.29) is 5.82 Å². The number of halogens is 1. The van der Waals surface area contributed by atoms with Crippen molar-refractivity contribution in [3.8, 4) is 22.8 Å². The van der Waals surface area contributed by atoms with Gasteiger partial charge in [0.25, 0.3) is 0 Å². The Bertz CT molecular complexity index is 840. The van der Waals surface area contributed by atoms with Crippen LogP contribution in [0.3, 0.4) is 0 Å². The van der Waals surface area contributed by atoms with Crippen LogP contribution >= 0.6 is 0 Å². The van der Waals surface area contributed by atoms with Crippen LogP contribution in [0, 0.1) is 5.82 Å². The van der Waals surface area contributed by atoms with Crippen LogP contribution in [0.1, 0.15) is 0 Å². The van der Waals surface area contributed by atoms with Crippen LogP contribution in [0.4, 0.5) is 10.2 Å². The highest BCUT2D eigenvalue weighted by Crippen LogP contribution is 2.23. The van der Waals surface area contributed by atoms with Crippen molar-refractivity contribution in [2.24, 2.45) is 0 Å². The van der Waals surface area contributed by atoms with Gasteiger partial charge in [-0.2, -0.15) is 0 Å². The summed E-state index contributed by atoms with van der Waals surface area (Å²) in [5.41, 5.74) is 2.09. The van der Waals surface area contributed by atoms with Gasteiger partial charge < -0.3 is 14.8 Å². The second-order valence-electron chi connectivity index (χ2n) is 5.47. The summed E-state index contributed by atoms with van der Waals surface area (Å²) in [4.78, 5) is 13.4. The van der Waals surface area contributed by atoms with Gasteiger partial charge in [0, 0.05) is 32.0 Å². The Morgan fingerprint density at radius 2 is 1.77 bits per heavy atom. The molecule has 26 heavy (non-hydrogen) atoms. The van der Waals surface area contributed by atoms with Crippen molar-refractivity contribution in [3.05, 3.63) is 60.5 Å². The molecular weight excluding hydrogens is 335 g/mol. The van der Waals surface area contributed by atoms with E-state index in [9.17, 15) is 4.39 Å². The number of aromatic nitrogens is 3. The lowest BCUT2D eigenvalue weighted by atomic mass is 10.1. The summed E-state index contributed by atoms with van der Waals surface area (Å²) in [5.74, 6) is 0.773. The fourth-order valence-electron chi connectivity index (χ4n) is 2.37. The molecule has 0 spiro atoms. The molecular formula is C19H19FN4O2. The first-order valence-corrected chi connectivity index (χ1v) is 8.05. The van der Waals surface area contributed by atoms with Crippen molar-refractivity contribution < 1.29 is 13.9 Å². The lowest BCUT2D eigenvalue weighted by Gasteiger charge is -2.15. The molecule has 2 heterocycles. The second-order valence-corrected chi connectivity index (χ2v) is 5.47. The van der Waals surface area contributed by atoms with E-state index in [0.29, 0.717) is 29.6 Å². The van der Waals surface area contributed by atoms with Crippen LogP contribution in [-0.2, 0) is 9.47 Å². The van der Waals surface area contributed by atoms with E-state index in [4.69, 9.17) is 9.47 Å². The second kappa shape index (κ2) is 8.46. The molecule has 0 saturated carbocycles. The number of anilines is 1. The topological polar surface area (TPSA) is 69.2 Å². The standard InChI is InChI=1S/C19H19FN4O2/c1-25-18(26-2)12-22-17-11-16(13-6-8-14(20)9-7-13)23-19(24-17)15-5-3-4-10-21-15/h3-11,18H,12H2,1-2H3,(H,22,23,24). The monoisotopic (exact) mass is 354 g/mol. The zero-order valence-electron chi connectivity index (χ0n) is 14.5. The third kappa shape index (κ3) is 4.38. The summed E-state index contributed by atoms with van der Waals surface area (Å²) in [7, 11) is 3.14. The molecule has 0 saturated heterocycles. The van der Waals surface area contributed by atoms with Crippen molar-refractivity contribution in [3.63, 3.8) is 0 Å². The highest BCUT2D eigenvalue weighted by Gasteiger charge is 2.11. The van der Waals surface area contributed by atoms with Crippen molar-refractivity contribution in [1.29, 1.82) is 0 Å². The van der Waals surface area contributed by atoms with Crippen LogP contribution < -0.4 is 5.32 Å². The first kappa shape index (κ1) is 17.9. The number of nitrogens with one attached hydrogen (secondary N) is 1. The number of hydrogen-bond acceptors (Lipinski definition) is 6. The van der Waals surface area contributed by atoms with E-state index >= 15 is 0 Å². The van der Waals surface area contributed by atoms with Gasteiger partial charge in [0.1, 0.15) is 17.3 Å². The van der Waals surface area contributed by atoms with E-state index in [0.717, 1.165) is 5.56 Å². The Balaban J connectivity index is 1.97. The number of rotatable bonds is 7. The number of benzene rings is 1. The van der Waals surface area contributed by atoms with Gasteiger partial charge in [-0.05, 0) is 36.4 Å². The maximum absolute atomic E-state index is 13.2. The van der Waals surface area contributed by atoms with Crippen LogP contribution in [0.5, 0.6) is 0 Å².